The van der Waals surface area contributed by atoms with Gasteiger partial charge in [0.25, 0.3) is 5.91 Å². The Bertz CT molecular complexity index is 469. The van der Waals surface area contributed by atoms with Crippen LogP contribution in [0.15, 0.2) is 6.07 Å². The molecule has 4 heteroatoms. The van der Waals surface area contributed by atoms with Crippen LogP contribution < -0.4 is 0 Å². The second-order valence-corrected chi connectivity index (χ2v) is 6.81. The highest BCUT2D eigenvalue weighted by Gasteiger charge is 2.34. The first-order valence-electron chi connectivity index (χ1n) is 7.65. The highest BCUT2D eigenvalue weighted by Crippen LogP contribution is 2.30. The number of carbonyl (C=O) groups excluding carboxylic acids is 1. The molecule has 20 heavy (non-hydrogen) atoms. The quantitative estimate of drug-likeness (QED) is 0.907. The number of thiophene rings is 1. The summed E-state index contributed by atoms with van der Waals surface area (Å²) in [5.74, 6) is 0.500. The number of likely N-dealkylation sites (tertiary alicyclic amines) is 1. The van der Waals surface area contributed by atoms with Crippen LogP contribution in [0, 0.1) is 5.92 Å². The van der Waals surface area contributed by atoms with E-state index in [0.717, 1.165) is 37.1 Å². The Kier molecular flexibility index (Phi) is 5.22. The van der Waals surface area contributed by atoms with Gasteiger partial charge in [-0.1, -0.05) is 27.2 Å². The Hall–Kier alpha value is -0.870. The molecule has 0 radical (unpaired) electrons. The summed E-state index contributed by atoms with van der Waals surface area (Å²) < 4.78 is 0. The first kappa shape index (κ1) is 15.5. The molecular weight excluding hydrogens is 270 g/mol. The van der Waals surface area contributed by atoms with E-state index in [0.29, 0.717) is 5.92 Å². The summed E-state index contributed by atoms with van der Waals surface area (Å²) in [5, 5.41) is 9.50. The molecule has 1 aromatic rings. The average Bonchev–Trinajstić information content (AvgIpc) is 3.01. The van der Waals surface area contributed by atoms with Crippen LogP contribution in [0.4, 0.5) is 0 Å². The Morgan fingerprint density at radius 3 is 2.85 bits per heavy atom. The molecule has 1 fully saturated rings. The molecule has 0 spiro atoms. The molecule has 1 aliphatic rings. The van der Waals surface area contributed by atoms with Gasteiger partial charge in [0, 0.05) is 11.4 Å². The molecule has 1 aromatic heterocycles. The Labute approximate surface area is 125 Å². The van der Waals surface area contributed by atoms with Gasteiger partial charge in [-0.2, -0.15) is 0 Å². The number of hydrogen-bond donors (Lipinski definition) is 1. The molecule has 0 bridgehead atoms. The maximum atomic E-state index is 12.7. The SMILES string of the molecule is CCCc1sc(C(=O)N2CCC(C)C2CO)cc1CC. The summed E-state index contributed by atoms with van der Waals surface area (Å²) in [7, 11) is 0. The maximum absolute atomic E-state index is 12.7. The van der Waals surface area contributed by atoms with Gasteiger partial charge in [0.2, 0.25) is 0 Å². The smallest absolute Gasteiger partial charge is 0.264 e. The van der Waals surface area contributed by atoms with E-state index in [9.17, 15) is 9.90 Å². The van der Waals surface area contributed by atoms with Crippen LogP contribution in [0.25, 0.3) is 0 Å². The van der Waals surface area contributed by atoms with Crippen LogP contribution >= 0.6 is 11.3 Å². The van der Waals surface area contributed by atoms with Gasteiger partial charge in [-0.15, -0.1) is 11.3 Å². The molecule has 2 rings (SSSR count). The van der Waals surface area contributed by atoms with Crippen LogP contribution in [0.3, 0.4) is 0 Å². The predicted molar refractivity (Wildman–Crippen MR) is 83.4 cm³/mol. The van der Waals surface area contributed by atoms with Crippen molar-refractivity contribution in [3.63, 3.8) is 0 Å². The van der Waals surface area contributed by atoms with Gasteiger partial charge in [-0.05, 0) is 36.8 Å². The van der Waals surface area contributed by atoms with E-state index < -0.39 is 0 Å². The van der Waals surface area contributed by atoms with E-state index in [1.807, 2.05) is 4.90 Å². The molecule has 1 aliphatic heterocycles. The third-order valence-corrected chi connectivity index (χ3v) is 5.52. The van der Waals surface area contributed by atoms with Crippen LogP contribution in [0.1, 0.15) is 53.7 Å². The van der Waals surface area contributed by atoms with E-state index in [1.54, 1.807) is 11.3 Å². The minimum Gasteiger partial charge on any atom is -0.394 e. The van der Waals surface area contributed by atoms with Gasteiger partial charge in [0.1, 0.15) is 0 Å². The average molecular weight is 295 g/mol. The zero-order valence-electron chi connectivity index (χ0n) is 12.7. The number of rotatable bonds is 5. The van der Waals surface area contributed by atoms with E-state index >= 15 is 0 Å². The van der Waals surface area contributed by atoms with E-state index in [-0.39, 0.29) is 18.6 Å². The molecule has 3 nitrogen and oxygen atoms in total. The molecule has 2 heterocycles. The Morgan fingerprint density at radius 2 is 2.25 bits per heavy atom. The fourth-order valence-electron chi connectivity index (χ4n) is 2.99. The summed E-state index contributed by atoms with van der Waals surface area (Å²) in [6.45, 7) is 7.27. The van der Waals surface area contributed by atoms with Gasteiger partial charge >= 0.3 is 0 Å². The third kappa shape index (κ3) is 2.91. The van der Waals surface area contributed by atoms with Crippen molar-refractivity contribution in [2.24, 2.45) is 5.92 Å². The minimum atomic E-state index is -0.00991. The van der Waals surface area contributed by atoms with Crippen molar-refractivity contribution >= 4 is 17.2 Å². The van der Waals surface area contributed by atoms with Crippen LogP contribution in [0.5, 0.6) is 0 Å². The topological polar surface area (TPSA) is 40.5 Å². The molecule has 0 aromatic carbocycles. The van der Waals surface area contributed by atoms with Gasteiger partial charge in [-0.3, -0.25) is 4.79 Å². The van der Waals surface area contributed by atoms with Gasteiger partial charge in [0.05, 0.1) is 17.5 Å². The van der Waals surface area contributed by atoms with Gasteiger partial charge < -0.3 is 10.0 Å². The fourth-order valence-corrected chi connectivity index (χ4v) is 4.30. The van der Waals surface area contributed by atoms with Crippen molar-refractivity contribution in [1.29, 1.82) is 0 Å². The van der Waals surface area contributed by atoms with Crippen LogP contribution in [0.2, 0.25) is 0 Å². The maximum Gasteiger partial charge on any atom is 0.264 e. The van der Waals surface area contributed by atoms with Crippen LogP contribution in [-0.2, 0) is 12.8 Å². The fraction of sp³-hybridized carbons (Fsp3) is 0.688. The zero-order valence-corrected chi connectivity index (χ0v) is 13.5. The molecule has 1 N–H and O–H groups in total. The van der Waals surface area contributed by atoms with Gasteiger partial charge in [0.15, 0.2) is 0 Å². The lowest BCUT2D eigenvalue weighted by atomic mass is 10.0. The molecular formula is C16H25NO2S. The molecule has 1 amide bonds. The highest BCUT2D eigenvalue weighted by atomic mass is 32.1. The third-order valence-electron chi connectivity index (χ3n) is 4.30. The summed E-state index contributed by atoms with van der Waals surface area (Å²) in [6, 6.07) is 2.05. The second kappa shape index (κ2) is 6.72. The predicted octanol–water partition coefficient (Wildman–Crippen LogP) is 3.11. The first-order valence-corrected chi connectivity index (χ1v) is 8.47. The largest absolute Gasteiger partial charge is 0.394 e. The zero-order chi connectivity index (χ0) is 14.7. The van der Waals surface area contributed by atoms with Crippen LogP contribution in [-0.4, -0.2) is 35.1 Å². The molecule has 2 unspecified atom stereocenters. The summed E-state index contributed by atoms with van der Waals surface area (Å²) in [4.78, 5) is 16.7. The number of nitrogens with zero attached hydrogens (tertiary/aromatic N) is 1. The number of amides is 1. The van der Waals surface area contributed by atoms with Crippen molar-refractivity contribution in [3.05, 3.63) is 21.4 Å². The first-order chi connectivity index (χ1) is 9.62. The molecule has 2 atom stereocenters. The Morgan fingerprint density at radius 1 is 1.50 bits per heavy atom. The summed E-state index contributed by atoms with van der Waals surface area (Å²) in [5.41, 5.74) is 1.31. The number of carbonyl (C=O) groups is 1. The lowest BCUT2D eigenvalue weighted by Gasteiger charge is -2.24. The van der Waals surface area contributed by atoms with Gasteiger partial charge in [-0.25, -0.2) is 0 Å². The van der Waals surface area contributed by atoms with E-state index in [4.69, 9.17) is 0 Å². The van der Waals surface area contributed by atoms with Crippen molar-refractivity contribution in [3.8, 4) is 0 Å². The van der Waals surface area contributed by atoms with Crippen molar-refractivity contribution in [1.82, 2.24) is 4.90 Å². The molecule has 0 saturated carbocycles. The number of hydrogen-bond acceptors (Lipinski definition) is 3. The van der Waals surface area contributed by atoms with E-state index in [1.165, 1.54) is 10.4 Å². The van der Waals surface area contributed by atoms with Crippen molar-refractivity contribution in [2.75, 3.05) is 13.2 Å². The monoisotopic (exact) mass is 295 g/mol. The van der Waals surface area contributed by atoms with Crippen molar-refractivity contribution < 1.29 is 9.90 Å². The number of aryl methyl sites for hydroxylation is 2. The molecule has 112 valence electrons. The Balaban J connectivity index is 2.20. The minimum absolute atomic E-state index is 0.00991. The molecule has 1 saturated heterocycles. The lowest BCUT2D eigenvalue weighted by Crippen LogP contribution is -2.39. The highest BCUT2D eigenvalue weighted by molar-refractivity contribution is 7.14. The number of aliphatic hydroxyl groups is 1. The lowest BCUT2D eigenvalue weighted by molar-refractivity contribution is 0.0653. The standard InChI is InChI=1S/C16H25NO2S/c1-4-6-14-12(5-2)9-15(20-14)16(19)17-8-7-11(3)13(17)10-18/h9,11,13,18H,4-8,10H2,1-3H3. The second-order valence-electron chi connectivity index (χ2n) is 5.68. The van der Waals surface area contributed by atoms with Crippen molar-refractivity contribution in [2.45, 2.75) is 52.5 Å². The summed E-state index contributed by atoms with van der Waals surface area (Å²) >= 11 is 1.64. The normalized spacial score (nSPS) is 22.5. The number of aliphatic hydroxyl groups excluding tert-OH is 1. The van der Waals surface area contributed by atoms with E-state index in [2.05, 4.69) is 26.8 Å². The summed E-state index contributed by atoms with van der Waals surface area (Å²) in [6.07, 6.45) is 4.14. The molecule has 0 aliphatic carbocycles.